The Morgan fingerprint density at radius 1 is 1.00 bits per heavy atom. The number of hydrogen-bond donors (Lipinski definition) is 0. The Morgan fingerprint density at radius 2 is 1.73 bits per heavy atom. The van der Waals surface area contributed by atoms with E-state index in [0.717, 1.165) is 11.6 Å². The van der Waals surface area contributed by atoms with Gasteiger partial charge in [-0.05, 0) is 11.6 Å². The Hall–Kier alpha value is -2.67. The molecule has 0 aliphatic heterocycles. The lowest BCUT2D eigenvalue weighted by molar-refractivity contribution is -0.396. The van der Waals surface area contributed by atoms with E-state index in [1.807, 2.05) is 42.5 Å². The fourth-order valence-electron chi connectivity index (χ4n) is 1.77. The maximum atomic E-state index is 11.0. The zero-order chi connectivity index (χ0) is 15.9. The minimum Gasteiger partial charge on any atom is -0.258 e. The van der Waals surface area contributed by atoms with Crippen LogP contribution in [0.4, 0.5) is 11.4 Å². The van der Waals surface area contributed by atoms with Gasteiger partial charge < -0.3 is 0 Å². The highest BCUT2D eigenvalue weighted by molar-refractivity contribution is 7.99. The predicted molar refractivity (Wildman–Crippen MR) is 86.0 cm³/mol. The molecule has 0 amide bonds. The molecule has 6 nitrogen and oxygen atoms in total. The summed E-state index contributed by atoms with van der Waals surface area (Å²) in [5.41, 5.74) is 0.518. The Bertz CT molecular complexity index is 717. The van der Waals surface area contributed by atoms with Crippen LogP contribution < -0.4 is 0 Å². The van der Waals surface area contributed by atoms with Gasteiger partial charge in [-0.25, -0.2) is 0 Å². The molecule has 0 spiro atoms. The molecule has 0 bridgehead atoms. The zero-order valence-electron chi connectivity index (χ0n) is 11.4. The summed E-state index contributed by atoms with van der Waals surface area (Å²) in [6.45, 7) is 0. The molecule has 0 aliphatic rings. The lowest BCUT2D eigenvalue weighted by Gasteiger charge is -2.01. The van der Waals surface area contributed by atoms with E-state index in [0.29, 0.717) is 10.6 Å². The van der Waals surface area contributed by atoms with Crippen molar-refractivity contribution in [3.8, 4) is 0 Å². The first-order valence-corrected chi connectivity index (χ1v) is 7.33. The van der Waals surface area contributed by atoms with Gasteiger partial charge in [0.25, 0.3) is 11.4 Å². The highest BCUT2D eigenvalue weighted by Gasteiger charge is 2.19. The molecule has 0 aromatic heterocycles. The Labute approximate surface area is 130 Å². The third-order valence-electron chi connectivity index (χ3n) is 2.79. The molecule has 2 aromatic carbocycles. The lowest BCUT2D eigenvalue weighted by atomic mass is 10.2. The SMILES string of the molecule is O=[N+]([O-])c1ccc(SC/C=C/c2ccccc2)c([N+](=O)[O-])c1. The summed E-state index contributed by atoms with van der Waals surface area (Å²) in [7, 11) is 0. The van der Waals surface area contributed by atoms with Crippen LogP contribution in [-0.2, 0) is 0 Å². The highest BCUT2D eigenvalue weighted by atomic mass is 32.2. The van der Waals surface area contributed by atoms with Crippen LogP contribution in [0, 0.1) is 20.2 Å². The largest absolute Gasteiger partial charge is 0.289 e. The monoisotopic (exact) mass is 316 g/mol. The molecule has 22 heavy (non-hydrogen) atoms. The lowest BCUT2D eigenvalue weighted by Crippen LogP contribution is -1.94. The molecule has 0 saturated heterocycles. The number of thioether (sulfide) groups is 1. The molecule has 0 saturated carbocycles. The summed E-state index contributed by atoms with van der Waals surface area (Å²) in [5, 5.41) is 21.7. The Balaban J connectivity index is 2.08. The molecule has 7 heteroatoms. The Morgan fingerprint density at radius 3 is 2.36 bits per heavy atom. The summed E-state index contributed by atoms with van der Waals surface area (Å²) in [6, 6.07) is 13.4. The second-order valence-corrected chi connectivity index (χ2v) is 5.35. The van der Waals surface area contributed by atoms with E-state index in [1.165, 1.54) is 23.9 Å². The minimum atomic E-state index is -0.642. The van der Waals surface area contributed by atoms with E-state index in [9.17, 15) is 20.2 Å². The van der Waals surface area contributed by atoms with Gasteiger partial charge in [0.1, 0.15) is 0 Å². The van der Waals surface area contributed by atoms with Crippen LogP contribution in [0.1, 0.15) is 5.56 Å². The van der Waals surface area contributed by atoms with Crippen molar-refractivity contribution in [2.75, 3.05) is 5.75 Å². The van der Waals surface area contributed by atoms with Crippen molar-refractivity contribution >= 4 is 29.2 Å². The van der Waals surface area contributed by atoms with Crippen LogP contribution in [-0.4, -0.2) is 15.6 Å². The Kier molecular flexibility index (Phi) is 5.26. The maximum Gasteiger partial charge on any atom is 0.289 e. The number of nitrogens with zero attached hydrogens (tertiary/aromatic N) is 2. The molecule has 2 rings (SSSR count). The average molecular weight is 316 g/mol. The first kappa shape index (κ1) is 15.7. The predicted octanol–water partition coefficient (Wildman–Crippen LogP) is 4.31. The van der Waals surface area contributed by atoms with Crippen molar-refractivity contribution in [2.24, 2.45) is 0 Å². The van der Waals surface area contributed by atoms with E-state index in [-0.39, 0.29) is 11.4 Å². The molecule has 0 N–H and O–H groups in total. The summed E-state index contributed by atoms with van der Waals surface area (Å²) in [6.07, 6.45) is 3.81. The maximum absolute atomic E-state index is 11.0. The van der Waals surface area contributed by atoms with E-state index < -0.39 is 9.85 Å². The molecule has 0 unspecified atom stereocenters. The normalized spacial score (nSPS) is 10.7. The molecule has 0 fully saturated rings. The smallest absolute Gasteiger partial charge is 0.258 e. The third kappa shape index (κ3) is 4.16. The average Bonchev–Trinajstić information content (AvgIpc) is 2.52. The third-order valence-corrected chi connectivity index (χ3v) is 3.81. The number of benzene rings is 2. The van der Waals surface area contributed by atoms with Crippen LogP contribution in [0.2, 0.25) is 0 Å². The van der Waals surface area contributed by atoms with Crippen molar-refractivity contribution in [3.63, 3.8) is 0 Å². The fourth-order valence-corrected chi connectivity index (χ4v) is 2.59. The molecular formula is C15H12N2O4S. The summed E-state index contributed by atoms with van der Waals surface area (Å²) in [4.78, 5) is 20.8. The summed E-state index contributed by atoms with van der Waals surface area (Å²) in [5.74, 6) is 0.535. The van der Waals surface area contributed by atoms with E-state index in [4.69, 9.17) is 0 Å². The van der Waals surface area contributed by atoms with Crippen molar-refractivity contribution in [2.45, 2.75) is 4.90 Å². The second kappa shape index (κ2) is 7.37. The molecular weight excluding hydrogens is 304 g/mol. The minimum absolute atomic E-state index is 0.243. The topological polar surface area (TPSA) is 86.3 Å². The molecule has 0 heterocycles. The van der Waals surface area contributed by atoms with Crippen molar-refractivity contribution in [3.05, 3.63) is 80.4 Å². The summed E-state index contributed by atoms with van der Waals surface area (Å²) >= 11 is 1.26. The molecule has 2 aromatic rings. The summed E-state index contributed by atoms with van der Waals surface area (Å²) < 4.78 is 0. The van der Waals surface area contributed by atoms with Crippen LogP contribution >= 0.6 is 11.8 Å². The van der Waals surface area contributed by atoms with Gasteiger partial charge in [0.15, 0.2) is 0 Å². The number of rotatable bonds is 6. The van der Waals surface area contributed by atoms with Crippen molar-refractivity contribution in [1.29, 1.82) is 0 Å². The number of hydrogen-bond acceptors (Lipinski definition) is 5. The van der Waals surface area contributed by atoms with E-state index >= 15 is 0 Å². The van der Waals surface area contributed by atoms with Gasteiger partial charge in [-0.1, -0.05) is 42.5 Å². The fraction of sp³-hybridized carbons (Fsp3) is 0.0667. The molecule has 0 aliphatic carbocycles. The number of non-ortho nitro benzene ring substituents is 1. The molecule has 0 radical (unpaired) electrons. The van der Waals surface area contributed by atoms with E-state index in [2.05, 4.69) is 0 Å². The van der Waals surface area contributed by atoms with Crippen molar-refractivity contribution < 1.29 is 9.85 Å². The highest BCUT2D eigenvalue weighted by Crippen LogP contribution is 2.32. The standard InChI is InChI=1S/C15H12N2O4S/c18-16(19)13-8-9-15(14(11-13)17(20)21)22-10-4-7-12-5-2-1-3-6-12/h1-9,11H,10H2/b7-4+. The quantitative estimate of drug-likeness (QED) is 0.450. The van der Waals surface area contributed by atoms with Gasteiger partial charge in [-0.15, -0.1) is 11.8 Å². The van der Waals surface area contributed by atoms with Gasteiger partial charge in [0, 0.05) is 11.8 Å². The first-order chi connectivity index (χ1) is 10.6. The van der Waals surface area contributed by atoms with Gasteiger partial charge >= 0.3 is 0 Å². The van der Waals surface area contributed by atoms with Gasteiger partial charge in [0.05, 0.1) is 20.8 Å². The van der Waals surface area contributed by atoms with Gasteiger partial charge in [0.2, 0.25) is 0 Å². The van der Waals surface area contributed by atoms with Gasteiger partial charge in [-0.2, -0.15) is 0 Å². The molecule has 0 atom stereocenters. The number of nitro groups is 2. The van der Waals surface area contributed by atoms with Crippen molar-refractivity contribution in [1.82, 2.24) is 0 Å². The van der Waals surface area contributed by atoms with Crippen LogP contribution in [0.5, 0.6) is 0 Å². The van der Waals surface area contributed by atoms with Crippen LogP contribution in [0.25, 0.3) is 6.08 Å². The van der Waals surface area contributed by atoms with Crippen LogP contribution in [0.3, 0.4) is 0 Å². The molecule has 112 valence electrons. The second-order valence-electron chi connectivity index (χ2n) is 4.29. The number of nitro benzene ring substituents is 2. The van der Waals surface area contributed by atoms with E-state index in [1.54, 1.807) is 0 Å². The zero-order valence-corrected chi connectivity index (χ0v) is 12.2. The van der Waals surface area contributed by atoms with Gasteiger partial charge in [-0.3, -0.25) is 20.2 Å². The first-order valence-electron chi connectivity index (χ1n) is 6.35. The van der Waals surface area contributed by atoms with Crippen LogP contribution in [0.15, 0.2) is 59.5 Å².